The van der Waals surface area contributed by atoms with Crippen LogP contribution in [0.2, 0.25) is 0 Å². The van der Waals surface area contributed by atoms with E-state index in [1.54, 1.807) is 23.1 Å². The van der Waals surface area contributed by atoms with Crippen LogP contribution >= 0.6 is 0 Å². The second-order valence-electron chi connectivity index (χ2n) is 9.78. The van der Waals surface area contributed by atoms with Crippen LogP contribution < -0.4 is 5.32 Å². The minimum Gasteiger partial charge on any atom is -0.321 e. The Morgan fingerprint density at radius 2 is 2.03 bits per heavy atom. The van der Waals surface area contributed by atoms with Crippen LogP contribution in [0.4, 0.5) is 0 Å². The van der Waals surface area contributed by atoms with Crippen molar-refractivity contribution in [2.45, 2.75) is 72.0 Å². The first kappa shape index (κ1) is 24.6. The molecule has 3 heterocycles. The summed E-state index contributed by atoms with van der Waals surface area (Å²) in [6.07, 6.45) is 9.59. The number of carbonyl (C=O) groups excluding carboxylic acids is 1. The lowest BCUT2D eigenvalue weighted by Gasteiger charge is -2.33. The molecule has 1 aromatic heterocycles. The van der Waals surface area contributed by atoms with Gasteiger partial charge in [0.2, 0.25) is 0 Å². The summed E-state index contributed by atoms with van der Waals surface area (Å²) in [7, 11) is 0. The molecule has 0 radical (unpaired) electrons. The molecule has 1 saturated heterocycles. The zero-order chi connectivity index (χ0) is 24.3. The zero-order valence-electron chi connectivity index (χ0n) is 20.5. The first-order valence-corrected chi connectivity index (χ1v) is 11.5. The molecule has 0 aliphatic carbocycles. The van der Waals surface area contributed by atoms with E-state index in [0.29, 0.717) is 35.5 Å². The molecule has 7 nitrogen and oxygen atoms in total. The fourth-order valence-electron chi connectivity index (χ4n) is 4.29. The van der Waals surface area contributed by atoms with Crippen LogP contribution in [0.25, 0.3) is 0 Å². The van der Waals surface area contributed by atoms with Gasteiger partial charge in [0, 0.05) is 43.0 Å². The van der Waals surface area contributed by atoms with Crippen molar-refractivity contribution in [1.82, 2.24) is 20.1 Å². The van der Waals surface area contributed by atoms with E-state index in [2.05, 4.69) is 49.5 Å². The Labute approximate surface area is 197 Å². The Kier molecular flexibility index (Phi) is 7.32. The molecule has 0 unspecified atom stereocenters. The molecule has 176 valence electrons. The maximum atomic E-state index is 12.7. The van der Waals surface area contributed by atoms with Crippen LogP contribution in [-0.4, -0.2) is 50.5 Å². The average molecular weight is 449 g/mol. The largest absolute Gasteiger partial charge is 0.321 e. The molecule has 0 atom stereocenters. The number of hydrogen-bond donors (Lipinski definition) is 3. The molecule has 7 heteroatoms. The number of amidine groups is 2. The predicted octanol–water partition coefficient (Wildman–Crippen LogP) is 4.42. The molecule has 3 rings (SSSR count). The third kappa shape index (κ3) is 5.66. The lowest BCUT2D eigenvalue weighted by molar-refractivity contribution is 0.0962. The van der Waals surface area contributed by atoms with E-state index in [1.807, 2.05) is 19.2 Å². The Morgan fingerprint density at radius 1 is 1.30 bits per heavy atom. The Bertz CT molecular complexity index is 1030. The topological polar surface area (TPSA) is 96.2 Å². The predicted molar refractivity (Wildman–Crippen MR) is 134 cm³/mol. The normalized spacial score (nSPS) is 18.7. The molecule has 0 saturated carbocycles. The molecule has 1 aromatic rings. The fraction of sp³-hybridized carbons (Fsp3) is 0.462. The van der Waals surface area contributed by atoms with Crippen LogP contribution in [-0.2, 0) is 13.0 Å². The number of pyridine rings is 1. The molecule has 1 amide bonds. The summed E-state index contributed by atoms with van der Waals surface area (Å²) < 4.78 is 0. The van der Waals surface area contributed by atoms with Crippen LogP contribution in [0.5, 0.6) is 0 Å². The molecular formula is C26H36N6O. The smallest absolute Gasteiger partial charge is 0.274 e. The van der Waals surface area contributed by atoms with Crippen LogP contribution in [0, 0.1) is 10.8 Å². The summed E-state index contributed by atoms with van der Waals surface area (Å²) >= 11 is 0. The molecule has 1 fully saturated rings. The van der Waals surface area contributed by atoms with Gasteiger partial charge in [-0.25, -0.2) is 0 Å². The first-order chi connectivity index (χ1) is 15.5. The number of aromatic nitrogens is 1. The van der Waals surface area contributed by atoms with Gasteiger partial charge >= 0.3 is 0 Å². The summed E-state index contributed by atoms with van der Waals surface area (Å²) in [4.78, 5) is 21.2. The van der Waals surface area contributed by atoms with Gasteiger partial charge in [-0.05, 0) is 76.3 Å². The van der Waals surface area contributed by atoms with Crippen molar-refractivity contribution < 1.29 is 4.79 Å². The Balaban J connectivity index is 1.60. The van der Waals surface area contributed by atoms with Gasteiger partial charge in [-0.1, -0.05) is 18.7 Å². The van der Waals surface area contributed by atoms with Crippen LogP contribution in [0.15, 0.2) is 48.3 Å². The van der Waals surface area contributed by atoms with Gasteiger partial charge < -0.3 is 10.2 Å². The van der Waals surface area contributed by atoms with E-state index >= 15 is 0 Å². The lowest BCUT2D eigenvalue weighted by Crippen LogP contribution is -2.44. The van der Waals surface area contributed by atoms with Gasteiger partial charge in [-0.3, -0.25) is 25.5 Å². The summed E-state index contributed by atoms with van der Waals surface area (Å²) in [5.41, 5.74) is 3.73. The quantitative estimate of drug-likeness (QED) is 0.341. The maximum Gasteiger partial charge on any atom is 0.274 e. The van der Waals surface area contributed by atoms with E-state index in [1.165, 1.54) is 5.56 Å². The number of rotatable bonds is 6. The van der Waals surface area contributed by atoms with Crippen molar-refractivity contribution in [3.63, 3.8) is 0 Å². The summed E-state index contributed by atoms with van der Waals surface area (Å²) in [6.45, 7) is 16.1. The van der Waals surface area contributed by atoms with Crippen molar-refractivity contribution in [1.29, 1.82) is 10.8 Å². The van der Waals surface area contributed by atoms with Gasteiger partial charge in [0.15, 0.2) is 0 Å². The van der Waals surface area contributed by atoms with Gasteiger partial charge in [-0.2, -0.15) is 0 Å². The molecule has 0 spiro atoms. The van der Waals surface area contributed by atoms with E-state index in [4.69, 9.17) is 10.8 Å². The first-order valence-electron chi connectivity index (χ1n) is 11.5. The number of hydrogen-bond acceptors (Lipinski definition) is 5. The molecule has 0 bridgehead atoms. The number of likely N-dealkylation sites (tertiary alicyclic amines) is 1. The van der Waals surface area contributed by atoms with Crippen molar-refractivity contribution in [2.24, 2.45) is 0 Å². The van der Waals surface area contributed by atoms with Crippen molar-refractivity contribution >= 4 is 17.6 Å². The van der Waals surface area contributed by atoms with Crippen molar-refractivity contribution in [2.75, 3.05) is 6.54 Å². The average Bonchev–Trinajstić information content (AvgIpc) is 3.04. The van der Waals surface area contributed by atoms with Gasteiger partial charge in [0.1, 0.15) is 17.4 Å². The second-order valence-corrected chi connectivity index (χ2v) is 9.78. The van der Waals surface area contributed by atoms with Crippen molar-refractivity contribution in [3.8, 4) is 0 Å². The highest BCUT2D eigenvalue weighted by Crippen LogP contribution is 2.31. The van der Waals surface area contributed by atoms with Gasteiger partial charge in [0.05, 0.1) is 0 Å². The highest BCUT2D eigenvalue weighted by Gasteiger charge is 2.38. The summed E-state index contributed by atoms with van der Waals surface area (Å²) in [5, 5.41) is 19.4. The highest BCUT2D eigenvalue weighted by molar-refractivity contribution is 6.08. The molecule has 3 N–H and O–H groups in total. The third-order valence-electron chi connectivity index (χ3n) is 6.45. The van der Waals surface area contributed by atoms with Gasteiger partial charge in [0.25, 0.3) is 5.91 Å². The van der Waals surface area contributed by atoms with Crippen molar-refractivity contribution in [3.05, 3.63) is 65.2 Å². The summed E-state index contributed by atoms with van der Waals surface area (Å²) in [6, 6.07) is 2.35. The molecule has 2 aliphatic heterocycles. The van der Waals surface area contributed by atoms with E-state index in [-0.39, 0.29) is 11.4 Å². The number of allylic oxidation sites excluding steroid dienone is 3. The summed E-state index contributed by atoms with van der Waals surface area (Å²) in [5.74, 6) is 0.526. The number of amides is 1. The minimum absolute atomic E-state index is 0.224. The van der Waals surface area contributed by atoms with E-state index in [0.717, 1.165) is 37.1 Å². The Morgan fingerprint density at radius 3 is 2.67 bits per heavy atom. The lowest BCUT2D eigenvalue weighted by atomic mass is 10.00. The highest BCUT2D eigenvalue weighted by atomic mass is 16.1. The van der Waals surface area contributed by atoms with E-state index in [9.17, 15) is 4.79 Å². The molecular weight excluding hydrogens is 412 g/mol. The molecule has 0 aromatic carbocycles. The number of carbonyl (C=O) groups is 1. The number of nitrogens with zero attached hydrogens (tertiary/aromatic N) is 3. The number of nitrogens with one attached hydrogen (secondary N) is 3. The third-order valence-corrected chi connectivity index (χ3v) is 6.45. The Hall–Kier alpha value is -3.06. The van der Waals surface area contributed by atoms with Gasteiger partial charge in [-0.15, -0.1) is 0 Å². The van der Waals surface area contributed by atoms with E-state index < -0.39 is 0 Å². The fourth-order valence-corrected chi connectivity index (χ4v) is 4.29. The van der Waals surface area contributed by atoms with Crippen LogP contribution in [0.3, 0.4) is 0 Å². The number of fused-ring (bicyclic) bond motifs is 1. The SMILES string of the molecule is C=C(/C=C\C=C(/C)C(=N)N1C(=N)CCC1(C)C)NC(=O)c1cc2c(cn1)CCN(C(C)C)C2. The maximum absolute atomic E-state index is 12.7. The second kappa shape index (κ2) is 9.83. The standard InChI is InChI=1S/C26H36N6O/c1-17(2)31-13-11-20-15-29-22(14-21(20)16-31)25(33)30-19(4)9-7-8-18(3)24(28)32-23(27)10-12-26(32,5)6/h7-9,14-15,17,27-28H,4,10-13,16H2,1-3,5-6H3,(H,30,33)/b9-7-,18-8+,27-23?,28-24?. The zero-order valence-corrected chi connectivity index (χ0v) is 20.5. The minimum atomic E-state index is -0.283. The molecule has 2 aliphatic rings. The van der Waals surface area contributed by atoms with Crippen LogP contribution in [0.1, 0.15) is 69.1 Å². The monoisotopic (exact) mass is 448 g/mol. The molecule has 33 heavy (non-hydrogen) atoms.